The van der Waals surface area contributed by atoms with Crippen LogP contribution in [0.3, 0.4) is 0 Å². The Labute approximate surface area is 124 Å². The summed E-state index contributed by atoms with van der Waals surface area (Å²) >= 11 is 0. The zero-order valence-corrected chi connectivity index (χ0v) is 12.0. The van der Waals surface area contributed by atoms with Crippen LogP contribution < -0.4 is 0 Å². The van der Waals surface area contributed by atoms with Crippen LogP contribution in [0.2, 0.25) is 0 Å². The molecule has 2 aromatic heterocycles. The third-order valence-corrected chi connectivity index (χ3v) is 3.44. The monoisotopic (exact) mass is 312 g/mol. The van der Waals surface area contributed by atoms with Gasteiger partial charge in [-0.2, -0.15) is 0 Å². The molecule has 0 saturated carbocycles. The number of rotatable bonds is 3. The quantitative estimate of drug-likeness (QED) is 0.863. The van der Waals surface area contributed by atoms with Crippen molar-refractivity contribution in [3.05, 3.63) is 29.6 Å². The van der Waals surface area contributed by atoms with E-state index in [1.54, 1.807) is 6.92 Å². The molecule has 7 nitrogen and oxygen atoms in total. The van der Waals surface area contributed by atoms with E-state index < -0.39 is 30.8 Å². The summed E-state index contributed by atoms with van der Waals surface area (Å²) in [5.41, 5.74) is -0.0181. The predicted octanol–water partition coefficient (Wildman–Crippen LogP) is 2.15. The third kappa shape index (κ3) is 2.58. The highest BCUT2D eigenvalue weighted by molar-refractivity contribution is 5.92. The molecule has 1 fully saturated rings. The van der Waals surface area contributed by atoms with Crippen LogP contribution in [0.15, 0.2) is 15.1 Å². The van der Waals surface area contributed by atoms with Gasteiger partial charge in [-0.15, -0.1) is 10.2 Å². The zero-order valence-electron chi connectivity index (χ0n) is 12.0. The number of amides is 1. The van der Waals surface area contributed by atoms with Gasteiger partial charge in [0.2, 0.25) is 11.8 Å². The van der Waals surface area contributed by atoms with Gasteiger partial charge in [0.05, 0.1) is 6.54 Å². The first-order valence-corrected chi connectivity index (χ1v) is 6.83. The van der Waals surface area contributed by atoms with Crippen molar-refractivity contribution in [2.75, 3.05) is 6.54 Å². The Balaban J connectivity index is 1.91. The Bertz CT molecular complexity index is 697. The molecule has 9 heteroatoms. The summed E-state index contributed by atoms with van der Waals surface area (Å²) in [6.45, 7) is 2.66. The van der Waals surface area contributed by atoms with Crippen molar-refractivity contribution in [1.29, 1.82) is 0 Å². The van der Waals surface area contributed by atoms with Crippen molar-refractivity contribution in [2.45, 2.75) is 38.7 Å². The molecule has 0 unspecified atom stereocenters. The zero-order chi connectivity index (χ0) is 15.9. The molecule has 118 valence electrons. The van der Waals surface area contributed by atoms with E-state index in [9.17, 15) is 13.6 Å². The van der Waals surface area contributed by atoms with Gasteiger partial charge in [0.1, 0.15) is 12.3 Å². The second-order valence-electron chi connectivity index (χ2n) is 5.15. The first kappa shape index (κ1) is 14.6. The molecule has 0 radical (unpaired) electrons. The van der Waals surface area contributed by atoms with E-state index in [2.05, 4.69) is 15.2 Å². The Hall–Kier alpha value is -2.32. The van der Waals surface area contributed by atoms with Crippen LogP contribution in [0.4, 0.5) is 8.78 Å². The molecular formula is C13H14F2N4O3. The highest BCUT2D eigenvalue weighted by Crippen LogP contribution is 2.41. The standard InChI is InChI=1S/C13H14F2N4O3/c1-3-10-17-18-11(22-10)9-4-13(14,15)6-19(9)12(20)8-5-21-7(2)16-8/h5,9H,3-4,6H2,1-2H3/t9-/m0/s1. The number of alkyl halides is 2. The lowest BCUT2D eigenvalue weighted by Crippen LogP contribution is -2.33. The average Bonchev–Trinajstić information content (AvgIpc) is 3.15. The van der Waals surface area contributed by atoms with Crippen LogP contribution in [0.1, 0.15) is 47.5 Å². The fraction of sp³-hybridized carbons (Fsp3) is 0.538. The number of nitrogens with zero attached hydrogens (tertiary/aromatic N) is 4. The molecule has 0 aliphatic carbocycles. The molecule has 0 aromatic carbocycles. The second-order valence-corrected chi connectivity index (χ2v) is 5.15. The van der Waals surface area contributed by atoms with Gasteiger partial charge in [0.25, 0.3) is 11.8 Å². The van der Waals surface area contributed by atoms with Gasteiger partial charge in [-0.25, -0.2) is 13.8 Å². The molecule has 1 aliphatic heterocycles. The van der Waals surface area contributed by atoms with Gasteiger partial charge in [-0.1, -0.05) is 6.92 Å². The van der Waals surface area contributed by atoms with Gasteiger partial charge in [0, 0.05) is 19.8 Å². The average molecular weight is 312 g/mol. The Morgan fingerprint density at radius 2 is 2.27 bits per heavy atom. The van der Waals surface area contributed by atoms with Crippen LogP contribution in [0, 0.1) is 6.92 Å². The number of hydrogen-bond donors (Lipinski definition) is 0. The number of carbonyl (C=O) groups is 1. The molecule has 0 spiro atoms. The largest absolute Gasteiger partial charge is 0.448 e. The molecule has 2 aromatic rings. The normalized spacial score (nSPS) is 20.5. The lowest BCUT2D eigenvalue weighted by Gasteiger charge is -2.19. The SMILES string of the molecule is CCc1nnc([C@@H]2CC(F)(F)CN2C(=O)c2coc(C)n2)o1. The van der Waals surface area contributed by atoms with E-state index in [0.29, 0.717) is 12.3 Å². The summed E-state index contributed by atoms with van der Waals surface area (Å²) in [7, 11) is 0. The van der Waals surface area contributed by atoms with E-state index in [-0.39, 0.29) is 17.5 Å². The minimum atomic E-state index is -3.01. The van der Waals surface area contributed by atoms with E-state index in [1.807, 2.05) is 6.92 Å². The van der Waals surface area contributed by atoms with Gasteiger partial charge in [-0.05, 0) is 0 Å². The van der Waals surface area contributed by atoms with Crippen molar-refractivity contribution in [3.8, 4) is 0 Å². The molecule has 22 heavy (non-hydrogen) atoms. The summed E-state index contributed by atoms with van der Waals surface area (Å²) in [6.07, 6.45) is 1.09. The maximum Gasteiger partial charge on any atom is 0.276 e. The molecule has 0 N–H and O–H groups in total. The first-order valence-electron chi connectivity index (χ1n) is 6.83. The number of likely N-dealkylation sites (tertiary alicyclic amines) is 1. The number of carbonyl (C=O) groups excluding carboxylic acids is 1. The molecule has 0 bridgehead atoms. The number of aromatic nitrogens is 3. The van der Waals surface area contributed by atoms with Crippen molar-refractivity contribution in [3.63, 3.8) is 0 Å². The summed E-state index contributed by atoms with van der Waals surface area (Å²) in [5, 5.41) is 7.54. The minimum absolute atomic E-state index is 0.0163. The van der Waals surface area contributed by atoms with Crippen molar-refractivity contribution in [1.82, 2.24) is 20.1 Å². The van der Waals surface area contributed by atoms with Crippen molar-refractivity contribution >= 4 is 5.91 Å². The Morgan fingerprint density at radius 1 is 1.50 bits per heavy atom. The topological polar surface area (TPSA) is 85.3 Å². The lowest BCUT2D eigenvalue weighted by molar-refractivity contribution is 0.0116. The molecule has 1 saturated heterocycles. The molecular weight excluding hydrogens is 298 g/mol. The van der Waals surface area contributed by atoms with E-state index >= 15 is 0 Å². The van der Waals surface area contributed by atoms with Crippen LogP contribution in [-0.2, 0) is 6.42 Å². The van der Waals surface area contributed by atoms with E-state index in [1.165, 1.54) is 0 Å². The van der Waals surface area contributed by atoms with E-state index in [0.717, 1.165) is 11.2 Å². The van der Waals surface area contributed by atoms with Gasteiger partial charge in [-0.3, -0.25) is 4.79 Å². The second kappa shape index (κ2) is 5.15. The van der Waals surface area contributed by atoms with E-state index in [4.69, 9.17) is 8.83 Å². The number of oxazole rings is 1. The lowest BCUT2D eigenvalue weighted by atomic mass is 10.2. The molecule has 1 amide bonds. The molecule has 3 rings (SSSR count). The maximum absolute atomic E-state index is 13.8. The van der Waals surface area contributed by atoms with Crippen LogP contribution >= 0.6 is 0 Å². The molecule has 1 aliphatic rings. The van der Waals surface area contributed by atoms with Crippen molar-refractivity contribution in [2.24, 2.45) is 0 Å². The number of aryl methyl sites for hydroxylation is 2. The van der Waals surface area contributed by atoms with Crippen molar-refractivity contribution < 1.29 is 22.4 Å². The van der Waals surface area contributed by atoms with Crippen LogP contribution in [-0.4, -0.2) is 38.5 Å². The number of halogens is 2. The first-order chi connectivity index (χ1) is 10.4. The maximum atomic E-state index is 13.8. The smallest absolute Gasteiger partial charge is 0.276 e. The minimum Gasteiger partial charge on any atom is -0.448 e. The predicted molar refractivity (Wildman–Crippen MR) is 68.3 cm³/mol. The van der Waals surface area contributed by atoms with Gasteiger partial charge < -0.3 is 13.7 Å². The fourth-order valence-corrected chi connectivity index (χ4v) is 2.40. The molecule has 1 atom stereocenters. The molecule has 3 heterocycles. The Morgan fingerprint density at radius 3 is 2.86 bits per heavy atom. The number of hydrogen-bond acceptors (Lipinski definition) is 6. The summed E-state index contributed by atoms with van der Waals surface area (Å²) < 4.78 is 37.8. The summed E-state index contributed by atoms with van der Waals surface area (Å²) in [5.74, 6) is -3.01. The summed E-state index contributed by atoms with van der Waals surface area (Å²) in [6, 6.07) is -0.965. The fourth-order valence-electron chi connectivity index (χ4n) is 2.40. The van der Waals surface area contributed by atoms with Crippen LogP contribution in [0.5, 0.6) is 0 Å². The highest BCUT2D eigenvalue weighted by atomic mass is 19.3. The van der Waals surface area contributed by atoms with Crippen LogP contribution in [0.25, 0.3) is 0 Å². The van der Waals surface area contributed by atoms with Gasteiger partial charge >= 0.3 is 0 Å². The van der Waals surface area contributed by atoms with Gasteiger partial charge in [0.15, 0.2) is 11.6 Å². The highest BCUT2D eigenvalue weighted by Gasteiger charge is 2.50. The Kier molecular flexibility index (Phi) is 3.42. The summed E-state index contributed by atoms with van der Waals surface area (Å²) in [4.78, 5) is 17.3. The third-order valence-electron chi connectivity index (χ3n) is 3.44.